The monoisotopic (exact) mass is 259 g/mol. The average Bonchev–Trinajstić information content (AvgIpc) is 2.65. The van der Waals surface area contributed by atoms with Crippen LogP contribution in [0.5, 0.6) is 0 Å². The van der Waals surface area contributed by atoms with E-state index >= 15 is 0 Å². The molecule has 106 valence electrons. The topological polar surface area (TPSA) is 84.8 Å². The molecule has 0 aromatic heterocycles. The number of carbonyl (C=O) groups is 1. The molecule has 1 fully saturated rings. The van der Waals surface area contributed by atoms with Gasteiger partial charge in [0.2, 0.25) is 5.91 Å². The van der Waals surface area contributed by atoms with Crippen molar-refractivity contribution >= 4 is 5.91 Å². The molecular formula is C12H25N3O3. The van der Waals surface area contributed by atoms with Crippen LogP contribution in [0.4, 0.5) is 0 Å². The Kier molecular flexibility index (Phi) is 6.56. The second-order valence-electron chi connectivity index (χ2n) is 4.88. The van der Waals surface area contributed by atoms with E-state index in [2.05, 4.69) is 15.5 Å². The Hall–Kier alpha value is -0.690. The molecule has 1 amide bonds. The van der Waals surface area contributed by atoms with Crippen LogP contribution in [-0.4, -0.2) is 72.5 Å². The van der Waals surface area contributed by atoms with Gasteiger partial charge in [-0.1, -0.05) is 6.92 Å². The Morgan fingerprint density at radius 3 is 2.67 bits per heavy atom. The molecule has 1 aliphatic rings. The highest BCUT2D eigenvalue weighted by Gasteiger charge is 2.29. The standard InChI is InChI=1S/C12H25N3O3/c1-2-12(9-16,10-17)14-11(18)8-15-6-3-4-13-5-7-15/h13,16-17H,2-10H2,1H3,(H,14,18). The fourth-order valence-electron chi connectivity index (χ4n) is 2.04. The second-order valence-corrected chi connectivity index (χ2v) is 4.88. The van der Waals surface area contributed by atoms with Crippen molar-refractivity contribution in [2.45, 2.75) is 25.3 Å². The van der Waals surface area contributed by atoms with Crippen LogP contribution in [0.1, 0.15) is 19.8 Å². The number of carbonyl (C=O) groups excluding carboxylic acids is 1. The minimum Gasteiger partial charge on any atom is -0.394 e. The molecule has 0 saturated carbocycles. The molecule has 0 atom stereocenters. The summed E-state index contributed by atoms with van der Waals surface area (Å²) in [5, 5.41) is 24.6. The summed E-state index contributed by atoms with van der Waals surface area (Å²) < 4.78 is 0. The van der Waals surface area contributed by atoms with Crippen LogP contribution in [0.15, 0.2) is 0 Å². The first-order valence-corrected chi connectivity index (χ1v) is 6.61. The van der Waals surface area contributed by atoms with E-state index in [0.29, 0.717) is 13.0 Å². The van der Waals surface area contributed by atoms with Gasteiger partial charge in [-0.3, -0.25) is 9.69 Å². The third kappa shape index (κ3) is 4.53. The molecule has 0 aromatic carbocycles. The summed E-state index contributed by atoms with van der Waals surface area (Å²) in [6.07, 6.45) is 1.54. The highest BCUT2D eigenvalue weighted by Crippen LogP contribution is 2.08. The molecule has 1 rings (SSSR count). The Labute approximate surface area is 108 Å². The lowest BCUT2D eigenvalue weighted by molar-refractivity contribution is -0.125. The van der Waals surface area contributed by atoms with Gasteiger partial charge < -0.3 is 20.8 Å². The van der Waals surface area contributed by atoms with E-state index in [0.717, 1.165) is 32.6 Å². The summed E-state index contributed by atoms with van der Waals surface area (Å²) in [4.78, 5) is 14.0. The maximum absolute atomic E-state index is 11.9. The summed E-state index contributed by atoms with van der Waals surface area (Å²) in [6, 6.07) is 0. The van der Waals surface area contributed by atoms with Crippen LogP contribution < -0.4 is 10.6 Å². The summed E-state index contributed by atoms with van der Waals surface area (Å²) in [5.74, 6) is -0.137. The molecule has 18 heavy (non-hydrogen) atoms. The first-order valence-electron chi connectivity index (χ1n) is 6.61. The van der Waals surface area contributed by atoms with E-state index in [1.165, 1.54) is 0 Å². The molecule has 0 spiro atoms. The molecule has 0 bridgehead atoms. The van der Waals surface area contributed by atoms with Crippen molar-refractivity contribution in [1.29, 1.82) is 0 Å². The van der Waals surface area contributed by atoms with Crippen molar-refractivity contribution in [3.8, 4) is 0 Å². The van der Waals surface area contributed by atoms with Crippen LogP contribution >= 0.6 is 0 Å². The van der Waals surface area contributed by atoms with E-state index in [1.54, 1.807) is 0 Å². The fourth-order valence-corrected chi connectivity index (χ4v) is 2.04. The quantitative estimate of drug-likeness (QED) is 0.468. The number of aliphatic hydroxyl groups excluding tert-OH is 2. The molecule has 6 heteroatoms. The Bertz CT molecular complexity index is 241. The fraction of sp³-hybridized carbons (Fsp3) is 0.917. The summed E-state index contributed by atoms with van der Waals surface area (Å²) in [5.41, 5.74) is -0.888. The summed E-state index contributed by atoms with van der Waals surface area (Å²) in [6.45, 7) is 5.31. The van der Waals surface area contributed by atoms with Crippen molar-refractivity contribution in [3.63, 3.8) is 0 Å². The lowest BCUT2D eigenvalue weighted by atomic mass is 9.98. The molecule has 0 aliphatic carbocycles. The molecule has 0 unspecified atom stereocenters. The molecule has 1 saturated heterocycles. The lowest BCUT2D eigenvalue weighted by Gasteiger charge is -2.31. The number of hydrogen-bond donors (Lipinski definition) is 4. The molecule has 0 radical (unpaired) electrons. The van der Waals surface area contributed by atoms with Crippen molar-refractivity contribution < 1.29 is 15.0 Å². The lowest BCUT2D eigenvalue weighted by Crippen LogP contribution is -2.56. The first-order chi connectivity index (χ1) is 8.65. The van der Waals surface area contributed by atoms with E-state index in [9.17, 15) is 15.0 Å². The number of hydrogen-bond acceptors (Lipinski definition) is 5. The van der Waals surface area contributed by atoms with Gasteiger partial charge in [0, 0.05) is 13.1 Å². The predicted molar refractivity (Wildman–Crippen MR) is 69.3 cm³/mol. The number of amides is 1. The normalized spacial score (nSPS) is 18.4. The number of nitrogens with zero attached hydrogens (tertiary/aromatic N) is 1. The summed E-state index contributed by atoms with van der Waals surface area (Å²) >= 11 is 0. The molecule has 4 N–H and O–H groups in total. The first kappa shape index (κ1) is 15.4. The predicted octanol–water partition coefficient (Wildman–Crippen LogP) is -1.47. The largest absolute Gasteiger partial charge is 0.394 e. The van der Waals surface area contributed by atoms with E-state index < -0.39 is 5.54 Å². The third-order valence-electron chi connectivity index (χ3n) is 3.49. The zero-order valence-electron chi connectivity index (χ0n) is 11.1. The van der Waals surface area contributed by atoms with Gasteiger partial charge in [0.05, 0.1) is 25.3 Å². The third-order valence-corrected chi connectivity index (χ3v) is 3.49. The van der Waals surface area contributed by atoms with E-state index in [-0.39, 0.29) is 19.1 Å². The molecule has 1 aliphatic heterocycles. The molecule has 1 heterocycles. The maximum atomic E-state index is 11.9. The van der Waals surface area contributed by atoms with E-state index in [4.69, 9.17) is 0 Å². The van der Waals surface area contributed by atoms with Gasteiger partial charge in [0.15, 0.2) is 0 Å². The zero-order chi connectivity index (χ0) is 13.4. The van der Waals surface area contributed by atoms with E-state index in [1.807, 2.05) is 6.92 Å². The number of rotatable bonds is 6. The zero-order valence-corrected chi connectivity index (χ0v) is 11.1. The van der Waals surface area contributed by atoms with Crippen molar-refractivity contribution in [2.24, 2.45) is 0 Å². The average molecular weight is 259 g/mol. The van der Waals surface area contributed by atoms with Gasteiger partial charge in [0.25, 0.3) is 0 Å². The van der Waals surface area contributed by atoms with Crippen LogP contribution in [-0.2, 0) is 4.79 Å². The smallest absolute Gasteiger partial charge is 0.234 e. The van der Waals surface area contributed by atoms with Gasteiger partial charge in [-0.25, -0.2) is 0 Å². The highest BCUT2D eigenvalue weighted by atomic mass is 16.3. The molecule has 6 nitrogen and oxygen atoms in total. The van der Waals surface area contributed by atoms with Crippen LogP contribution in [0.25, 0.3) is 0 Å². The van der Waals surface area contributed by atoms with Crippen LogP contribution in [0.2, 0.25) is 0 Å². The Morgan fingerprint density at radius 2 is 2.06 bits per heavy atom. The maximum Gasteiger partial charge on any atom is 0.234 e. The van der Waals surface area contributed by atoms with Crippen LogP contribution in [0, 0.1) is 0 Å². The van der Waals surface area contributed by atoms with Gasteiger partial charge in [-0.15, -0.1) is 0 Å². The SMILES string of the molecule is CCC(CO)(CO)NC(=O)CN1CCCNCC1. The van der Waals surface area contributed by atoms with Crippen LogP contribution in [0.3, 0.4) is 0 Å². The molecular weight excluding hydrogens is 234 g/mol. The van der Waals surface area contributed by atoms with Gasteiger partial charge in [-0.05, 0) is 25.9 Å². The summed E-state index contributed by atoms with van der Waals surface area (Å²) in [7, 11) is 0. The van der Waals surface area contributed by atoms with Gasteiger partial charge in [0.1, 0.15) is 0 Å². The highest BCUT2D eigenvalue weighted by molar-refractivity contribution is 5.78. The van der Waals surface area contributed by atoms with Crippen molar-refractivity contribution in [3.05, 3.63) is 0 Å². The Balaban J connectivity index is 2.43. The minimum atomic E-state index is -0.888. The van der Waals surface area contributed by atoms with Gasteiger partial charge in [-0.2, -0.15) is 0 Å². The second kappa shape index (κ2) is 7.68. The number of aliphatic hydroxyl groups is 2. The molecule has 0 aromatic rings. The van der Waals surface area contributed by atoms with Crippen molar-refractivity contribution in [1.82, 2.24) is 15.5 Å². The van der Waals surface area contributed by atoms with Crippen molar-refractivity contribution in [2.75, 3.05) is 45.9 Å². The van der Waals surface area contributed by atoms with Gasteiger partial charge >= 0.3 is 0 Å². The number of nitrogens with one attached hydrogen (secondary N) is 2. The minimum absolute atomic E-state index is 0.137. The Morgan fingerprint density at radius 1 is 1.33 bits per heavy atom.